The fourth-order valence-electron chi connectivity index (χ4n) is 2.89. The number of hydrogen-bond acceptors (Lipinski definition) is 3. The van der Waals surface area contributed by atoms with Crippen LogP contribution >= 0.6 is 0 Å². The standard InChI is InChI=1S/C16H26N2O/c1-13(16(19)14-7-5-4-6-8-14)11-18-10-9-15(12-18)17(2)3/h4-8,13,15-16,19H,9-12H2,1-3H3. The summed E-state index contributed by atoms with van der Waals surface area (Å²) in [6, 6.07) is 10.7. The van der Waals surface area contributed by atoms with Gasteiger partial charge in [-0.3, -0.25) is 0 Å². The Morgan fingerprint density at radius 2 is 2.00 bits per heavy atom. The molecule has 1 heterocycles. The van der Waals surface area contributed by atoms with Crippen molar-refractivity contribution in [2.24, 2.45) is 5.92 Å². The summed E-state index contributed by atoms with van der Waals surface area (Å²) in [6.07, 6.45) is 0.876. The minimum absolute atomic E-state index is 0.267. The lowest BCUT2D eigenvalue weighted by Gasteiger charge is -2.26. The molecule has 1 aliphatic rings. The number of aliphatic hydroxyl groups is 1. The second kappa shape index (κ2) is 6.51. The monoisotopic (exact) mass is 262 g/mol. The molecule has 3 unspecified atom stereocenters. The van der Waals surface area contributed by atoms with E-state index in [4.69, 9.17) is 0 Å². The van der Waals surface area contributed by atoms with Gasteiger partial charge < -0.3 is 14.9 Å². The van der Waals surface area contributed by atoms with Gasteiger partial charge in [0.15, 0.2) is 0 Å². The topological polar surface area (TPSA) is 26.7 Å². The Bertz CT molecular complexity index is 380. The molecule has 1 aromatic carbocycles. The summed E-state index contributed by atoms with van der Waals surface area (Å²) >= 11 is 0. The first-order valence-electron chi connectivity index (χ1n) is 7.19. The van der Waals surface area contributed by atoms with Gasteiger partial charge in [0.25, 0.3) is 0 Å². The van der Waals surface area contributed by atoms with Crippen LogP contribution in [0.2, 0.25) is 0 Å². The lowest BCUT2D eigenvalue weighted by atomic mass is 9.97. The van der Waals surface area contributed by atoms with E-state index in [-0.39, 0.29) is 12.0 Å². The van der Waals surface area contributed by atoms with Gasteiger partial charge in [-0.1, -0.05) is 37.3 Å². The molecule has 0 spiro atoms. The van der Waals surface area contributed by atoms with Crippen molar-refractivity contribution in [3.05, 3.63) is 35.9 Å². The van der Waals surface area contributed by atoms with Crippen LogP contribution in [-0.4, -0.2) is 54.7 Å². The summed E-state index contributed by atoms with van der Waals surface area (Å²) < 4.78 is 0. The van der Waals surface area contributed by atoms with Crippen LogP contribution in [-0.2, 0) is 0 Å². The smallest absolute Gasteiger partial charge is 0.0827 e. The second-order valence-corrected chi connectivity index (χ2v) is 6.00. The van der Waals surface area contributed by atoms with E-state index in [2.05, 4.69) is 30.8 Å². The SMILES string of the molecule is CC(CN1CCC(N(C)C)C1)C(O)c1ccccc1. The Kier molecular flexibility index (Phi) is 4.97. The van der Waals surface area contributed by atoms with E-state index >= 15 is 0 Å². The summed E-state index contributed by atoms with van der Waals surface area (Å²) in [6.45, 7) is 5.38. The molecule has 19 heavy (non-hydrogen) atoms. The van der Waals surface area contributed by atoms with Crippen molar-refractivity contribution >= 4 is 0 Å². The van der Waals surface area contributed by atoms with Crippen molar-refractivity contribution in [1.29, 1.82) is 0 Å². The molecule has 0 aromatic heterocycles. The molecule has 1 aliphatic heterocycles. The number of likely N-dealkylation sites (N-methyl/N-ethyl adjacent to an activating group) is 1. The summed E-state index contributed by atoms with van der Waals surface area (Å²) in [5, 5.41) is 10.4. The van der Waals surface area contributed by atoms with Crippen molar-refractivity contribution in [1.82, 2.24) is 9.80 Å². The highest BCUT2D eigenvalue weighted by Crippen LogP contribution is 2.24. The molecular weight excluding hydrogens is 236 g/mol. The molecule has 0 radical (unpaired) electrons. The minimum Gasteiger partial charge on any atom is -0.388 e. The summed E-state index contributed by atoms with van der Waals surface area (Å²) in [5.74, 6) is 0.267. The highest BCUT2D eigenvalue weighted by atomic mass is 16.3. The van der Waals surface area contributed by atoms with Crippen LogP contribution in [0.5, 0.6) is 0 Å². The van der Waals surface area contributed by atoms with Crippen LogP contribution in [0.25, 0.3) is 0 Å². The van der Waals surface area contributed by atoms with E-state index in [0.717, 1.165) is 25.2 Å². The van der Waals surface area contributed by atoms with E-state index in [9.17, 15) is 5.11 Å². The van der Waals surface area contributed by atoms with Gasteiger partial charge in [0, 0.05) is 19.1 Å². The summed E-state index contributed by atoms with van der Waals surface area (Å²) in [5.41, 5.74) is 1.03. The van der Waals surface area contributed by atoms with E-state index in [0.29, 0.717) is 6.04 Å². The molecule has 3 nitrogen and oxygen atoms in total. The molecule has 1 N–H and O–H groups in total. The molecule has 1 fully saturated rings. The fraction of sp³-hybridized carbons (Fsp3) is 0.625. The first-order valence-corrected chi connectivity index (χ1v) is 7.19. The predicted octanol–water partition coefficient (Wildman–Crippen LogP) is 1.99. The van der Waals surface area contributed by atoms with Gasteiger partial charge in [0.1, 0.15) is 0 Å². The maximum atomic E-state index is 10.4. The summed E-state index contributed by atoms with van der Waals surface area (Å²) in [7, 11) is 4.30. The Hall–Kier alpha value is -0.900. The van der Waals surface area contributed by atoms with Crippen LogP contribution in [0.3, 0.4) is 0 Å². The van der Waals surface area contributed by atoms with Crippen molar-refractivity contribution in [2.75, 3.05) is 33.7 Å². The molecule has 3 atom stereocenters. The van der Waals surface area contributed by atoms with Crippen molar-refractivity contribution in [3.63, 3.8) is 0 Å². The number of rotatable bonds is 5. The van der Waals surface area contributed by atoms with E-state index < -0.39 is 0 Å². The quantitative estimate of drug-likeness (QED) is 0.879. The Labute approximate surface area is 116 Å². The lowest BCUT2D eigenvalue weighted by molar-refractivity contribution is 0.0928. The molecule has 3 heteroatoms. The van der Waals surface area contributed by atoms with Gasteiger partial charge in [-0.25, -0.2) is 0 Å². The molecule has 1 saturated heterocycles. The maximum Gasteiger partial charge on any atom is 0.0827 e. The third-order valence-corrected chi connectivity index (χ3v) is 4.20. The molecule has 0 bridgehead atoms. The van der Waals surface area contributed by atoms with Gasteiger partial charge >= 0.3 is 0 Å². The van der Waals surface area contributed by atoms with E-state index in [1.54, 1.807) is 0 Å². The van der Waals surface area contributed by atoms with Crippen LogP contribution < -0.4 is 0 Å². The molecule has 106 valence electrons. The normalized spacial score (nSPS) is 23.7. The number of benzene rings is 1. The number of likely N-dealkylation sites (tertiary alicyclic amines) is 1. The Morgan fingerprint density at radius 3 is 2.58 bits per heavy atom. The molecule has 2 rings (SSSR count). The first-order chi connectivity index (χ1) is 9.08. The van der Waals surface area contributed by atoms with Gasteiger partial charge in [-0.05, 0) is 38.5 Å². The van der Waals surface area contributed by atoms with Crippen LogP contribution in [0, 0.1) is 5.92 Å². The van der Waals surface area contributed by atoms with Crippen LogP contribution in [0.15, 0.2) is 30.3 Å². The lowest BCUT2D eigenvalue weighted by Crippen LogP contribution is -2.34. The molecule has 0 saturated carbocycles. The van der Waals surface area contributed by atoms with Gasteiger partial charge in [0.05, 0.1) is 6.10 Å². The van der Waals surface area contributed by atoms with Gasteiger partial charge in [-0.15, -0.1) is 0 Å². The number of hydrogen-bond donors (Lipinski definition) is 1. The van der Waals surface area contributed by atoms with Crippen molar-refractivity contribution in [2.45, 2.75) is 25.5 Å². The predicted molar refractivity (Wildman–Crippen MR) is 79.1 cm³/mol. The zero-order chi connectivity index (χ0) is 13.8. The average Bonchev–Trinajstić information content (AvgIpc) is 2.87. The fourth-order valence-corrected chi connectivity index (χ4v) is 2.89. The van der Waals surface area contributed by atoms with E-state index in [1.807, 2.05) is 30.3 Å². The third-order valence-electron chi connectivity index (χ3n) is 4.20. The maximum absolute atomic E-state index is 10.4. The van der Waals surface area contributed by atoms with Crippen LogP contribution in [0.1, 0.15) is 25.0 Å². The largest absolute Gasteiger partial charge is 0.388 e. The van der Waals surface area contributed by atoms with Crippen molar-refractivity contribution in [3.8, 4) is 0 Å². The molecular formula is C16H26N2O. The molecule has 0 aliphatic carbocycles. The van der Waals surface area contributed by atoms with Gasteiger partial charge in [-0.2, -0.15) is 0 Å². The first kappa shape index (κ1) is 14.5. The van der Waals surface area contributed by atoms with E-state index in [1.165, 1.54) is 6.42 Å². The number of aliphatic hydroxyl groups excluding tert-OH is 1. The zero-order valence-corrected chi connectivity index (χ0v) is 12.3. The highest BCUT2D eigenvalue weighted by molar-refractivity contribution is 5.17. The Balaban J connectivity index is 1.86. The number of nitrogens with zero attached hydrogens (tertiary/aromatic N) is 2. The minimum atomic E-state index is -0.361. The zero-order valence-electron chi connectivity index (χ0n) is 12.3. The highest BCUT2D eigenvalue weighted by Gasteiger charge is 2.27. The van der Waals surface area contributed by atoms with Gasteiger partial charge in [0.2, 0.25) is 0 Å². The Morgan fingerprint density at radius 1 is 1.32 bits per heavy atom. The van der Waals surface area contributed by atoms with Crippen molar-refractivity contribution < 1.29 is 5.11 Å². The van der Waals surface area contributed by atoms with Crippen LogP contribution in [0.4, 0.5) is 0 Å². The molecule has 0 amide bonds. The summed E-state index contributed by atoms with van der Waals surface area (Å²) in [4.78, 5) is 4.78. The average molecular weight is 262 g/mol. The second-order valence-electron chi connectivity index (χ2n) is 6.00. The molecule has 1 aromatic rings. The third kappa shape index (κ3) is 3.78.